The van der Waals surface area contributed by atoms with Gasteiger partial charge in [-0.1, -0.05) is 43.7 Å². The average molecular weight is 292 g/mol. The first-order chi connectivity index (χ1) is 10.1. The predicted octanol–water partition coefficient (Wildman–Crippen LogP) is 2.74. The van der Waals surface area contributed by atoms with E-state index >= 15 is 0 Å². The molecule has 0 aliphatic rings. The highest BCUT2D eigenvalue weighted by Gasteiger charge is 2.23. The van der Waals surface area contributed by atoms with Gasteiger partial charge >= 0.3 is 0 Å². The van der Waals surface area contributed by atoms with Crippen molar-refractivity contribution in [3.63, 3.8) is 0 Å². The molecular weight excluding hydrogens is 264 g/mol. The molecular formula is C17H28N2O2. The van der Waals surface area contributed by atoms with Gasteiger partial charge in [-0.25, -0.2) is 0 Å². The van der Waals surface area contributed by atoms with Gasteiger partial charge in [0.1, 0.15) is 0 Å². The monoisotopic (exact) mass is 292 g/mol. The molecule has 2 N–H and O–H groups in total. The molecule has 21 heavy (non-hydrogen) atoms. The summed E-state index contributed by atoms with van der Waals surface area (Å²) >= 11 is 0. The second-order valence-electron chi connectivity index (χ2n) is 5.32. The van der Waals surface area contributed by atoms with Crippen LogP contribution in [0.5, 0.6) is 0 Å². The highest BCUT2D eigenvalue weighted by atomic mass is 16.5. The summed E-state index contributed by atoms with van der Waals surface area (Å²) in [6, 6.07) is 10.2. The fourth-order valence-electron chi connectivity index (χ4n) is 2.35. The number of methoxy groups -OCH3 is 1. The molecule has 1 aromatic rings. The number of benzene rings is 1. The van der Waals surface area contributed by atoms with Gasteiger partial charge < -0.3 is 15.4 Å². The summed E-state index contributed by atoms with van der Waals surface area (Å²) in [7, 11) is 1.60. The molecule has 4 nitrogen and oxygen atoms in total. The predicted molar refractivity (Wildman–Crippen MR) is 85.9 cm³/mol. The number of unbranched alkanes of at least 4 members (excludes halogenated alkanes) is 1. The topological polar surface area (TPSA) is 55.6 Å². The standard InChI is InChI=1S/C17H28N2O2/c1-4-5-11-19(17(20)12-16(13-18)21-3)14(2)15-9-7-6-8-10-15/h6-10,14,16H,4-5,11-13,18H2,1-3H3. The maximum absolute atomic E-state index is 12.6. The van der Waals surface area contributed by atoms with E-state index in [0.717, 1.165) is 24.9 Å². The minimum atomic E-state index is -0.204. The van der Waals surface area contributed by atoms with E-state index < -0.39 is 0 Å². The Morgan fingerprint density at radius 3 is 2.52 bits per heavy atom. The van der Waals surface area contributed by atoms with E-state index in [1.165, 1.54) is 0 Å². The average Bonchev–Trinajstić information content (AvgIpc) is 2.53. The quantitative estimate of drug-likeness (QED) is 0.761. The van der Waals surface area contributed by atoms with Crippen LogP contribution in [0.1, 0.15) is 44.7 Å². The van der Waals surface area contributed by atoms with Gasteiger partial charge in [0.05, 0.1) is 18.6 Å². The molecule has 0 bridgehead atoms. The summed E-state index contributed by atoms with van der Waals surface area (Å²) < 4.78 is 5.24. The second kappa shape index (κ2) is 9.53. The molecule has 1 rings (SSSR count). The van der Waals surface area contributed by atoms with E-state index in [9.17, 15) is 4.79 Å². The number of nitrogens with zero attached hydrogens (tertiary/aromatic N) is 1. The van der Waals surface area contributed by atoms with Crippen LogP contribution in [0.25, 0.3) is 0 Å². The number of nitrogens with two attached hydrogens (primary N) is 1. The van der Waals surface area contributed by atoms with Crippen molar-refractivity contribution in [2.75, 3.05) is 20.2 Å². The van der Waals surface area contributed by atoms with E-state index in [1.807, 2.05) is 23.1 Å². The van der Waals surface area contributed by atoms with Crippen molar-refractivity contribution >= 4 is 5.91 Å². The van der Waals surface area contributed by atoms with E-state index in [1.54, 1.807) is 7.11 Å². The lowest BCUT2D eigenvalue weighted by molar-refractivity contribution is -0.136. The highest BCUT2D eigenvalue weighted by Crippen LogP contribution is 2.22. The molecule has 2 atom stereocenters. The SMILES string of the molecule is CCCCN(C(=O)CC(CN)OC)C(C)c1ccccc1. The van der Waals surface area contributed by atoms with Crippen LogP contribution in [0.15, 0.2) is 30.3 Å². The van der Waals surface area contributed by atoms with Gasteiger partial charge in [0.25, 0.3) is 0 Å². The minimum absolute atomic E-state index is 0.0699. The first-order valence-corrected chi connectivity index (χ1v) is 7.71. The van der Waals surface area contributed by atoms with Crippen LogP contribution in [0, 0.1) is 0 Å². The Morgan fingerprint density at radius 1 is 1.33 bits per heavy atom. The molecule has 0 heterocycles. The highest BCUT2D eigenvalue weighted by molar-refractivity contribution is 5.77. The van der Waals surface area contributed by atoms with E-state index in [2.05, 4.69) is 26.0 Å². The Kier molecular flexibility index (Phi) is 8.01. The zero-order valence-electron chi connectivity index (χ0n) is 13.4. The van der Waals surface area contributed by atoms with Crippen LogP contribution in [0.3, 0.4) is 0 Å². The fourth-order valence-corrected chi connectivity index (χ4v) is 2.35. The molecule has 118 valence electrons. The second-order valence-corrected chi connectivity index (χ2v) is 5.32. The van der Waals surface area contributed by atoms with Crippen molar-refractivity contribution in [1.29, 1.82) is 0 Å². The van der Waals surface area contributed by atoms with Crippen molar-refractivity contribution < 1.29 is 9.53 Å². The third-order valence-corrected chi connectivity index (χ3v) is 3.82. The Balaban J connectivity index is 2.81. The Labute approximate surface area is 128 Å². The molecule has 0 spiro atoms. The van der Waals surface area contributed by atoms with Gasteiger partial charge in [0.15, 0.2) is 0 Å². The summed E-state index contributed by atoms with van der Waals surface area (Å²) in [4.78, 5) is 14.5. The van der Waals surface area contributed by atoms with Crippen LogP contribution >= 0.6 is 0 Å². The van der Waals surface area contributed by atoms with E-state index in [4.69, 9.17) is 10.5 Å². The molecule has 2 unspecified atom stereocenters. The first kappa shape index (κ1) is 17.7. The van der Waals surface area contributed by atoms with Crippen LogP contribution in [-0.4, -0.2) is 37.1 Å². The minimum Gasteiger partial charge on any atom is -0.380 e. The largest absolute Gasteiger partial charge is 0.380 e. The van der Waals surface area contributed by atoms with Crippen molar-refractivity contribution in [3.8, 4) is 0 Å². The van der Waals surface area contributed by atoms with Crippen LogP contribution in [0.2, 0.25) is 0 Å². The van der Waals surface area contributed by atoms with Crippen LogP contribution < -0.4 is 5.73 Å². The molecule has 0 saturated heterocycles. The molecule has 0 radical (unpaired) electrons. The number of amides is 1. The van der Waals surface area contributed by atoms with Crippen molar-refractivity contribution in [1.82, 2.24) is 4.90 Å². The molecule has 4 heteroatoms. The van der Waals surface area contributed by atoms with Crippen molar-refractivity contribution in [3.05, 3.63) is 35.9 Å². The van der Waals surface area contributed by atoms with Gasteiger partial charge in [-0.2, -0.15) is 0 Å². The lowest BCUT2D eigenvalue weighted by Gasteiger charge is -2.31. The smallest absolute Gasteiger partial charge is 0.225 e. The summed E-state index contributed by atoms with van der Waals surface area (Å²) in [6.07, 6.45) is 2.21. The summed E-state index contributed by atoms with van der Waals surface area (Å²) in [5, 5.41) is 0. The van der Waals surface area contributed by atoms with Crippen LogP contribution in [0.4, 0.5) is 0 Å². The molecule has 0 saturated carbocycles. The van der Waals surface area contributed by atoms with Gasteiger partial charge in [0, 0.05) is 20.2 Å². The Bertz CT molecular complexity index is 405. The maximum Gasteiger partial charge on any atom is 0.225 e. The number of hydrogen-bond acceptors (Lipinski definition) is 3. The van der Waals surface area contributed by atoms with E-state index in [-0.39, 0.29) is 18.1 Å². The summed E-state index contributed by atoms with van der Waals surface area (Å²) in [6.45, 7) is 5.34. The zero-order chi connectivity index (χ0) is 15.7. The van der Waals surface area contributed by atoms with Gasteiger partial charge in [0.2, 0.25) is 5.91 Å². The fraction of sp³-hybridized carbons (Fsp3) is 0.588. The number of rotatable bonds is 9. The number of ether oxygens (including phenoxy) is 1. The van der Waals surface area contributed by atoms with Gasteiger partial charge in [-0.05, 0) is 18.9 Å². The molecule has 1 aromatic carbocycles. The van der Waals surface area contributed by atoms with Crippen molar-refractivity contribution in [2.45, 2.75) is 45.3 Å². The summed E-state index contributed by atoms with van der Waals surface area (Å²) in [5.74, 6) is 0.108. The van der Waals surface area contributed by atoms with Gasteiger partial charge in [-0.15, -0.1) is 0 Å². The normalized spacial score (nSPS) is 13.7. The maximum atomic E-state index is 12.6. The lowest BCUT2D eigenvalue weighted by atomic mass is 10.1. The van der Waals surface area contributed by atoms with Gasteiger partial charge in [-0.3, -0.25) is 4.79 Å². The van der Waals surface area contributed by atoms with E-state index in [0.29, 0.717) is 13.0 Å². The Morgan fingerprint density at radius 2 is 2.00 bits per heavy atom. The lowest BCUT2D eigenvalue weighted by Crippen LogP contribution is -2.38. The molecule has 0 aliphatic heterocycles. The number of carbonyl (C=O) groups is 1. The molecule has 0 aromatic heterocycles. The van der Waals surface area contributed by atoms with Crippen molar-refractivity contribution in [2.24, 2.45) is 5.73 Å². The molecule has 0 fully saturated rings. The first-order valence-electron chi connectivity index (χ1n) is 7.71. The van der Waals surface area contributed by atoms with Crippen LogP contribution in [-0.2, 0) is 9.53 Å². The number of carbonyl (C=O) groups excluding carboxylic acids is 1. The Hall–Kier alpha value is -1.39. The summed E-state index contributed by atoms with van der Waals surface area (Å²) in [5.41, 5.74) is 6.78. The third kappa shape index (κ3) is 5.48. The number of hydrogen-bond donors (Lipinski definition) is 1. The third-order valence-electron chi connectivity index (χ3n) is 3.82. The zero-order valence-corrected chi connectivity index (χ0v) is 13.4. The molecule has 0 aliphatic carbocycles. The molecule has 1 amide bonds.